The first-order chi connectivity index (χ1) is 19.6. The number of aromatic nitrogens is 1. The SMILES string of the molecule is Cc1cc(C(=O)N[C@H]2CNC(=O)[C@H]3CCCN3C(=O)CC[C@@H](CO)NC(=O)[C@H](Cc3ccc(F)cc3)NC2=O)no1. The van der Waals surface area contributed by atoms with Gasteiger partial charge >= 0.3 is 0 Å². The van der Waals surface area contributed by atoms with Gasteiger partial charge in [0.05, 0.1) is 12.6 Å². The Bertz CT molecular complexity index is 1280. The summed E-state index contributed by atoms with van der Waals surface area (Å²) >= 11 is 0. The van der Waals surface area contributed by atoms with Crippen molar-refractivity contribution in [2.75, 3.05) is 19.7 Å². The first-order valence-corrected chi connectivity index (χ1v) is 13.4. The van der Waals surface area contributed by atoms with E-state index in [2.05, 4.69) is 26.4 Å². The van der Waals surface area contributed by atoms with Gasteiger partial charge in [-0.2, -0.15) is 0 Å². The molecular weight excluding hydrogens is 539 g/mol. The maximum atomic E-state index is 13.5. The van der Waals surface area contributed by atoms with Crippen LogP contribution in [0.1, 0.15) is 47.5 Å². The van der Waals surface area contributed by atoms with Gasteiger partial charge in [0.15, 0.2) is 5.69 Å². The Labute approximate surface area is 235 Å². The highest BCUT2D eigenvalue weighted by atomic mass is 19.1. The number of aliphatic hydroxyl groups excluding tert-OH is 1. The van der Waals surface area contributed by atoms with Crippen LogP contribution >= 0.6 is 0 Å². The molecule has 220 valence electrons. The Hall–Kier alpha value is -4.33. The largest absolute Gasteiger partial charge is 0.394 e. The van der Waals surface area contributed by atoms with Gasteiger partial charge in [0.1, 0.15) is 29.7 Å². The quantitative estimate of drug-likeness (QED) is 0.312. The smallest absolute Gasteiger partial charge is 0.274 e. The number of carbonyl (C=O) groups excluding carboxylic acids is 5. The lowest BCUT2D eigenvalue weighted by Gasteiger charge is -2.25. The summed E-state index contributed by atoms with van der Waals surface area (Å²) in [6.07, 6.45) is 1.10. The molecule has 1 aromatic carbocycles. The molecule has 0 unspecified atom stereocenters. The van der Waals surface area contributed by atoms with Gasteiger partial charge in [-0.05, 0) is 43.9 Å². The van der Waals surface area contributed by atoms with Crippen LogP contribution in [-0.4, -0.2) is 88.6 Å². The maximum absolute atomic E-state index is 13.5. The van der Waals surface area contributed by atoms with E-state index in [-0.39, 0.29) is 37.4 Å². The molecule has 0 spiro atoms. The van der Waals surface area contributed by atoms with Gasteiger partial charge < -0.3 is 35.8 Å². The first-order valence-electron chi connectivity index (χ1n) is 13.4. The monoisotopic (exact) mass is 572 g/mol. The Morgan fingerprint density at radius 3 is 2.56 bits per heavy atom. The topological polar surface area (TPSA) is 183 Å². The van der Waals surface area contributed by atoms with E-state index < -0.39 is 60.2 Å². The van der Waals surface area contributed by atoms with Crippen LogP contribution in [0.5, 0.6) is 0 Å². The van der Waals surface area contributed by atoms with E-state index in [1.807, 2.05) is 0 Å². The van der Waals surface area contributed by atoms with Crippen LogP contribution in [0.15, 0.2) is 34.9 Å². The number of halogens is 1. The van der Waals surface area contributed by atoms with Gasteiger partial charge in [-0.3, -0.25) is 24.0 Å². The third-order valence-electron chi connectivity index (χ3n) is 7.10. The molecule has 3 heterocycles. The molecule has 2 aliphatic rings. The van der Waals surface area contributed by atoms with Crippen LogP contribution in [0.25, 0.3) is 0 Å². The standard InChI is InChI=1S/C27H33FN6O7/c1-15-11-20(33-41-15)25(38)32-21-13-29-27(40)22-3-2-10-34(22)23(36)9-8-18(14-35)30-24(37)19(31-26(21)39)12-16-4-6-17(28)7-5-16/h4-7,11,18-19,21-22,35H,2-3,8-10,12-14H2,1H3,(H,29,40)(H,30,37)(H,31,39)(H,32,38)/t18-,19-,21-,22+/m0/s1. The van der Waals surface area contributed by atoms with E-state index in [9.17, 15) is 33.5 Å². The Kier molecular flexibility index (Phi) is 9.65. The minimum absolute atomic E-state index is 0.0138. The van der Waals surface area contributed by atoms with Crippen LogP contribution in [0.4, 0.5) is 4.39 Å². The number of nitrogens with one attached hydrogen (secondary N) is 4. The number of rotatable bonds is 5. The van der Waals surface area contributed by atoms with Crippen LogP contribution in [-0.2, 0) is 25.6 Å². The van der Waals surface area contributed by atoms with E-state index in [0.29, 0.717) is 30.7 Å². The van der Waals surface area contributed by atoms with Crippen molar-refractivity contribution in [3.63, 3.8) is 0 Å². The average Bonchev–Trinajstić information content (AvgIpc) is 3.62. The fourth-order valence-corrected chi connectivity index (χ4v) is 4.86. The van der Waals surface area contributed by atoms with Gasteiger partial charge in [0.2, 0.25) is 23.6 Å². The molecule has 2 aromatic rings. The van der Waals surface area contributed by atoms with Gasteiger partial charge in [-0.25, -0.2) is 4.39 Å². The average molecular weight is 573 g/mol. The van der Waals surface area contributed by atoms with Crippen molar-refractivity contribution in [2.45, 2.75) is 63.2 Å². The zero-order valence-corrected chi connectivity index (χ0v) is 22.5. The highest BCUT2D eigenvalue weighted by Crippen LogP contribution is 2.19. The van der Waals surface area contributed by atoms with Crippen LogP contribution in [0.3, 0.4) is 0 Å². The predicted molar refractivity (Wildman–Crippen MR) is 141 cm³/mol. The molecule has 2 aliphatic heterocycles. The van der Waals surface area contributed by atoms with Crippen molar-refractivity contribution < 1.29 is 38.0 Å². The summed E-state index contributed by atoms with van der Waals surface area (Å²) in [6, 6.07) is 2.65. The van der Waals surface area contributed by atoms with E-state index in [1.54, 1.807) is 6.92 Å². The van der Waals surface area contributed by atoms with Gasteiger partial charge in [-0.1, -0.05) is 17.3 Å². The minimum atomic E-state index is -1.34. The molecule has 0 bridgehead atoms. The number of benzene rings is 1. The van der Waals surface area contributed by atoms with Crippen molar-refractivity contribution in [1.29, 1.82) is 0 Å². The minimum Gasteiger partial charge on any atom is -0.394 e. The lowest BCUT2D eigenvalue weighted by molar-refractivity contribution is -0.138. The summed E-state index contributed by atoms with van der Waals surface area (Å²) in [4.78, 5) is 67.1. The summed E-state index contributed by atoms with van der Waals surface area (Å²) in [5.74, 6) is -3.06. The van der Waals surface area contributed by atoms with E-state index >= 15 is 0 Å². The van der Waals surface area contributed by atoms with E-state index in [0.717, 1.165) is 0 Å². The fourth-order valence-electron chi connectivity index (χ4n) is 4.86. The first kappa shape index (κ1) is 29.6. The highest BCUT2D eigenvalue weighted by Gasteiger charge is 2.36. The number of hydrogen-bond donors (Lipinski definition) is 5. The molecule has 5 amide bonds. The molecule has 0 radical (unpaired) electrons. The summed E-state index contributed by atoms with van der Waals surface area (Å²) in [7, 11) is 0. The highest BCUT2D eigenvalue weighted by molar-refractivity contribution is 5.98. The summed E-state index contributed by atoms with van der Waals surface area (Å²) in [5.41, 5.74) is 0.449. The predicted octanol–water partition coefficient (Wildman–Crippen LogP) is -0.674. The number of hydrogen-bond acceptors (Lipinski definition) is 8. The maximum Gasteiger partial charge on any atom is 0.274 e. The van der Waals surface area contributed by atoms with Crippen molar-refractivity contribution in [1.82, 2.24) is 31.3 Å². The van der Waals surface area contributed by atoms with Crippen molar-refractivity contribution in [2.24, 2.45) is 0 Å². The van der Waals surface area contributed by atoms with Crippen LogP contribution in [0.2, 0.25) is 0 Å². The molecule has 13 nitrogen and oxygen atoms in total. The Morgan fingerprint density at radius 2 is 1.88 bits per heavy atom. The van der Waals surface area contributed by atoms with Crippen molar-refractivity contribution >= 4 is 29.5 Å². The second kappa shape index (κ2) is 13.4. The number of aliphatic hydroxyl groups is 1. The molecule has 1 aromatic heterocycles. The zero-order valence-electron chi connectivity index (χ0n) is 22.5. The fraction of sp³-hybridized carbons (Fsp3) is 0.481. The zero-order chi connectivity index (χ0) is 29.5. The van der Waals surface area contributed by atoms with Crippen molar-refractivity contribution in [3.05, 3.63) is 53.2 Å². The Morgan fingerprint density at radius 1 is 1.12 bits per heavy atom. The Balaban J connectivity index is 1.62. The lowest BCUT2D eigenvalue weighted by atomic mass is 10.0. The summed E-state index contributed by atoms with van der Waals surface area (Å²) in [5, 5.41) is 24.0. The summed E-state index contributed by atoms with van der Waals surface area (Å²) in [6.45, 7) is 1.17. The third kappa shape index (κ3) is 7.66. The number of aryl methyl sites for hydroxylation is 1. The molecule has 14 heteroatoms. The normalized spacial score (nSPS) is 24.4. The number of fused-ring (bicyclic) bond motifs is 1. The molecule has 5 N–H and O–H groups in total. The molecule has 4 rings (SSSR count). The van der Waals surface area contributed by atoms with Crippen LogP contribution in [0, 0.1) is 12.7 Å². The number of nitrogens with zero attached hydrogens (tertiary/aromatic N) is 2. The second-order valence-electron chi connectivity index (χ2n) is 10.2. The van der Waals surface area contributed by atoms with Gasteiger partial charge in [0.25, 0.3) is 5.91 Å². The molecule has 2 fully saturated rings. The van der Waals surface area contributed by atoms with E-state index in [4.69, 9.17) is 4.52 Å². The molecule has 0 aliphatic carbocycles. The lowest BCUT2D eigenvalue weighted by Crippen LogP contribution is -2.58. The summed E-state index contributed by atoms with van der Waals surface area (Å²) < 4.78 is 18.4. The molecule has 0 saturated carbocycles. The third-order valence-corrected chi connectivity index (χ3v) is 7.10. The van der Waals surface area contributed by atoms with Crippen LogP contribution < -0.4 is 21.3 Å². The number of amides is 5. The van der Waals surface area contributed by atoms with E-state index in [1.165, 1.54) is 35.2 Å². The van der Waals surface area contributed by atoms with Crippen molar-refractivity contribution in [3.8, 4) is 0 Å². The second-order valence-corrected chi connectivity index (χ2v) is 10.2. The van der Waals surface area contributed by atoms with Gasteiger partial charge in [0, 0.05) is 32.0 Å². The molecule has 41 heavy (non-hydrogen) atoms. The van der Waals surface area contributed by atoms with Gasteiger partial charge in [-0.15, -0.1) is 0 Å². The molecular formula is C27H33FN6O7. The molecule has 4 atom stereocenters. The molecule has 2 saturated heterocycles. The number of carbonyl (C=O) groups is 5.